The number of ether oxygens (including phenoxy) is 1. The molecule has 1 saturated heterocycles. The van der Waals surface area contributed by atoms with Gasteiger partial charge < -0.3 is 10.1 Å². The number of anilines is 1. The Labute approximate surface area is 220 Å². The fraction of sp³-hybridized carbons (Fsp3) is 0.345. The molecule has 1 atom stereocenters. The van der Waals surface area contributed by atoms with Crippen molar-refractivity contribution in [1.29, 1.82) is 0 Å². The van der Waals surface area contributed by atoms with Gasteiger partial charge in [-0.1, -0.05) is 48.9 Å². The Hall–Kier alpha value is -3.36. The zero-order valence-corrected chi connectivity index (χ0v) is 22.3. The summed E-state index contributed by atoms with van der Waals surface area (Å²) in [6.45, 7) is 5.16. The van der Waals surface area contributed by atoms with E-state index in [4.69, 9.17) is 4.74 Å². The highest BCUT2D eigenvalue weighted by molar-refractivity contribution is 7.92. The van der Waals surface area contributed by atoms with E-state index in [0.29, 0.717) is 23.7 Å². The van der Waals surface area contributed by atoms with Gasteiger partial charge in [-0.05, 0) is 80.4 Å². The lowest BCUT2D eigenvalue weighted by Gasteiger charge is -2.28. The van der Waals surface area contributed by atoms with Crippen LogP contribution in [-0.2, 0) is 27.9 Å². The molecule has 1 fully saturated rings. The summed E-state index contributed by atoms with van der Waals surface area (Å²) < 4.78 is 32.2. The lowest BCUT2D eigenvalue weighted by Crippen LogP contribution is -2.47. The predicted octanol–water partition coefficient (Wildman–Crippen LogP) is 4.94. The van der Waals surface area contributed by atoms with E-state index in [-0.39, 0.29) is 5.91 Å². The summed E-state index contributed by atoms with van der Waals surface area (Å²) in [5.74, 6) is 0.888. The number of nitrogens with zero attached hydrogens (tertiary/aromatic N) is 2. The molecule has 7 nitrogen and oxygen atoms in total. The molecule has 37 heavy (non-hydrogen) atoms. The van der Waals surface area contributed by atoms with Crippen molar-refractivity contribution in [1.82, 2.24) is 10.2 Å². The summed E-state index contributed by atoms with van der Waals surface area (Å²) in [5.41, 5.74) is 2.62. The van der Waals surface area contributed by atoms with Gasteiger partial charge in [-0.15, -0.1) is 0 Å². The molecule has 1 aliphatic rings. The number of hydrogen-bond donors (Lipinski definition) is 1. The number of rotatable bonds is 10. The smallest absolute Gasteiger partial charge is 0.243 e. The van der Waals surface area contributed by atoms with Crippen molar-refractivity contribution in [2.75, 3.05) is 23.7 Å². The quantitative estimate of drug-likeness (QED) is 0.409. The topological polar surface area (TPSA) is 79.0 Å². The Morgan fingerprint density at radius 1 is 0.892 bits per heavy atom. The van der Waals surface area contributed by atoms with E-state index in [1.807, 2.05) is 42.5 Å². The molecule has 1 amide bonds. The molecular weight excluding hydrogens is 486 g/mol. The normalized spacial score (nSPS) is 15.1. The molecule has 8 heteroatoms. The molecule has 1 heterocycles. The van der Waals surface area contributed by atoms with Crippen LogP contribution in [0, 0.1) is 0 Å². The summed E-state index contributed by atoms with van der Waals surface area (Å²) in [4.78, 5) is 15.4. The van der Waals surface area contributed by atoms with Crippen LogP contribution in [0.3, 0.4) is 0 Å². The second kappa shape index (κ2) is 12.3. The Kier molecular flexibility index (Phi) is 8.84. The molecule has 196 valence electrons. The van der Waals surface area contributed by atoms with E-state index in [1.165, 1.54) is 24.8 Å². The van der Waals surface area contributed by atoms with E-state index >= 15 is 0 Å². The highest BCUT2D eigenvalue weighted by Gasteiger charge is 2.29. The molecule has 3 aromatic carbocycles. The molecule has 0 spiro atoms. The number of amides is 1. The zero-order chi connectivity index (χ0) is 26.3. The van der Waals surface area contributed by atoms with Gasteiger partial charge in [-0.25, -0.2) is 8.42 Å². The largest absolute Gasteiger partial charge is 0.457 e. The number of carbonyl (C=O) groups excluding carboxylic acids is 1. The number of para-hydroxylation sites is 1. The van der Waals surface area contributed by atoms with E-state index in [0.717, 1.165) is 35.8 Å². The number of sulfonamides is 1. The lowest BCUT2D eigenvalue weighted by atomic mass is 10.1. The van der Waals surface area contributed by atoms with Crippen LogP contribution in [0.4, 0.5) is 5.69 Å². The van der Waals surface area contributed by atoms with Crippen LogP contribution in [0.25, 0.3) is 0 Å². The van der Waals surface area contributed by atoms with Crippen LogP contribution in [-0.4, -0.2) is 44.6 Å². The number of likely N-dealkylation sites (tertiary alicyclic amines) is 1. The maximum Gasteiger partial charge on any atom is 0.243 e. The highest BCUT2D eigenvalue weighted by atomic mass is 32.2. The molecular formula is C29H35N3O4S. The molecule has 0 radical (unpaired) electrons. The summed E-state index contributed by atoms with van der Waals surface area (Å²) in [6.07, 6.45) is 4.95. The second-order valence-electron chi connectivity index (χ2n) is 9.51. The molecule has 0 saturated carbocycles. The van der Waals surface area contributed by atoms with Crippen LogP contribution in [0.2, 0.25) is 0 Å². The van der Waals surface area contributed by atoms with Crippen LogP contribution in [0.1, 0.15) is 37.3 Å². The molecule has 4 rings (SSSR count). The van der Waals surface area contributed by atoms with Crippen molar-refractivity contribution in [3.8, 4) is 11.5 Å². The average Bonchev–Trinajstić information content (AvgIpc) is 2.89. The monoisotopic (exact) mass is 521 g/mol. The maximum atomic E-state index is 13.0. The molecule has 1 aliphatic heterocycles. The Morgan fingerprint density at radius 3 is 2.11 bits per heavy atom. The third kappa shape index (κ3) is 7.57. The second-order valence-corrected chi connectivity index (χ2v) is 11.4. The van der Waals surface area contributed by atoms with Crippen molar-refractivity contribution >= 4 is 21.6 Å². The Bertz CT molecular complexity index is 1260. The van der Waals surface area contributed by atoms with Crippen LogP contribution < -0.4 is 14.4 Å². The zero-order valence-electron chi connectivity index (χ0n) is 21.5. The Morgan fingerprint density at radius 2 is 1.49 bits per heavy atom. The SMILES string of the molecule is C[C@H](C(=O)NCc1ccc(CN2CCCCC2)cc1)N(c1ccc(Oc2ccccc2)cc1)S(C)(=O)=O. The number of benzene rings is 3. The van der Waals surface area contributed by atoms with Crippen molar-refractivity contribution in [2.45, 2.75) is 45.3 Å². The first-order chi connectivity index (χ1) is 17.8. The van der Waals surface area contributed by atoms with E-state index in [2.05, 4.69) is 22.3 Å². The third-order valence-electron chi connectivity index (χ3n) is 6.50. The minimum atomic E-state index is -3.71. The van der Waals surface area contributed by atoms with Gasteiger partial charge in [0.05, 0.1) is 11.9 Å². The van der Waals surface area contributed by atoms with Crippen LogP contribution in [0.15, 0.2) is 78.9 Å². The Balaban J connectivity index is 1.36. The molecule has 0 aliphatic carbocycles. The minimum Gasteiger partial charge on any atom is -0.457 e. The van der Waals surface area contributed by atoms with Crippen LogP contribution >= 0.6 is 0 Å². The van der Waals surface area contributed by atoms with Crippen molar-refractivity contribution < 1.29 is 17.9 Å². The maximum absolute atomic E-state index is 13.0. The van der Waals surface area contributed by atoms with Gasteiger partial charge >= 0.3 is 0 Å². The molecule has 0 unspecified atom stereocenters. The predicted molar refractivity (Wildman–Crippen MR) is 147 cm³/mol. The van der Waals surface area contributed by atoms with Gasteiger partial charge in [0, 0.05) is 13.1 Å². The average molecular weight is 522 g/mol. The number of piperidine rings is 1. The number of carbonyl (C=O) groups is 1. The van der Waals surface area contributed by atoms with Crippen LogP contribution in [0.5, 0.6) is 11.5 Å². The van der Waals surface area contributed by atoms with Gasteiger partial charge in [0.15, 0.2) is 0 Å². The van der Waals surface area contributed by atoms with Gasteiger partial charge in [0.1, 0.15) is 17.5 Å². The van der Waals surface area contributed by atoms with Gasteiger partial charge in [-0.2, -0.15) is 0 Å². The summed E-state index contributed by atoms with van der Waals surface area (Å²) >= 11 is 0. The van der Waals surface area contributed by atoms with E-state index in [1.54, 1.807) is 31.2 Å². The van der Waals surface area contributed by atoms with Gasteiger partial charge in [0.25, 0.3) is 0 Å². The first-order valence-electron chi connectivity index (χ1n) is 12.7. The number of hydrogen-bond acceptors (Lipinski definition) is 5. The fourth-order valence-corrected chi connectivity index (χ4v) is 5.74. The molecule has 0 aromatic heterocycles. The molecule has 1 N–H and O–H groups in total. The van der Waals surface area contributed by atoms with Crippen molar-refractivity contribution in [3.63, 3.8) is 0 Å². The van der Waals surface area contributed by atoms with E-state index in [9.17, 15) is 13.2 Å². The summed E-state index contributed by atoms with van der Waals surface area (Å²) in [5, 5.41) is 2.89. The number of nitrogens with one attached hydrogen (secondary N) is 1. The lowest BCUT2D eigenvalue weighted by molar-refractivity contribution is -0.122. The molecule has 3 aromatic rings. The van der Waals surface area contributed by atoms with Crippen molar-refractivity contribution in [3.05, 3.63) is 90.0 Å². The highest BCUT2D eigenvalue weighted by Crippen LogP contribution is 2.27. The summed E-state index contributed by atoms with van der Waals surface area (Å²) in [6, 6.07) is 23.3. The first-order valence-corrected chi connectivity index (χ1v) is 14.5. The minimum absolute atomic E-state index is 0.328. The van der Waals surface area contributed by atoms with Crippen molar-refractivity contribution in [2.24, 2.45) is 0 Å². The molecule has 0 bridgehead atoms. The van der Waals surface area contributed by atoms with Gasteiger partial charge in [0.2, 0.25) is 15.9 Å². The van der Waals surface area contributed by atoms with E-state index < -0.39 is 16.1 Å². The standard InChI is InChI=1S/C29H35N3O4S/c1-23(29(33)30-21-24-11-13-25(14-12-24)22-31-19-7-4-8-20-31)32(37(2,34)35)26-15-17-28(18-16-26)36-27-9-5-3-6-10-27/h3,5-6,9-18,23H,4,7-8,19-22H2,1-2H3,(H,30,33)/t23-/m1/s1. The first kappa shape index (κ1) is 26.7. The fourth-order valence-electron chi connectivity index (χ4n) is 4.57. The third-order valence-corrected chi connectivity index (χ3v) is 7.74. The summed E-state index contributed by atoms with van der Waals surface area (Å²) in [7, 11) is -3.71. The van der Waals surface area contributed by atoms with Gasteiger partial charge in [-0.3, -0.25) is 14.0 Å².